The van der Waals surface area contributed by atoms with Crippen LogP contribution in [0.15, 0.2) is 36.9 Å². The van der Waals surface area contributed by atoms with Gasteiger partial charge in [0.2, 0.25) is 5.91 Å². The number of nitrogens with one attached hydrogen (secondary N) is 2. The van der Waals surface area contributed by atoms with Crippen molar-refractivity contribution in [2.45, 2.75) is 26.2 Å². The second kappa shape index (κ2) is 5.08. The van der Waals surface area contributed by atoms with Crippen LogP contribution in [0.3, 0.4) is 0 Å². The molecule has 3 rings (SSSR count). The fourth-order valence-electron chi connectivity index (χ4n) is 2.72. The van der Waals surface area contributed by atoms with Crippen LogP contribution in [-0.4, -0.2) is 22.0 Å². The third-order valence-electron chi connectivity index (χ3n) is 4.08. The Bertz CT molecular complexity index is 820. The molecular formula is C17H18N4O2. The minimum atomic E-state index is -0.578. The van der Waals surface area contributed by atoms with Crippen molar-refractivity contribution in [3.05, 3.63) is 48.2 Å². The standard InChI is InChI=1S/C17H18N4O2/c1-5-15(22)21(14-8-10(2)19-20-14)11-6-7-12-13(9-11)18-16(23)17(12,3)4/h5-9H,1H2,2-4H3,(H,18,23)(H,19,20). The van der Waals surface area contributed by atoms with E-state index in [1.807, 2.05) is 32.9 Å². The molecule has 1 aromatic heterocycles. The number of anilines is 3. The highest BCUT2D eigenvalue weighted by molar-refractivity contribution is 6.09. The van der Waals surface area contributed by atoms with Crippen molar-refractivity contribution in [2.24, 2.45) is 0 Å². The number of rotatable bonds is 3. The Kier molecular flexibility index (Phi) is 3.32. The predicted octanol–water partition coefficient (Wildman–Crippen LogP) is 2.80. The lowest BCUT2D eigenvalue weighted by molar-refractivity contribution is -0.119. The van der Waals surface area contributed by atoms with Gasteiger partial charge in [0, 0.05) is 11.8 Å². The molecule has 0 saturated carbocycles. The summed E-state index contributed by atoms with van der Waals surface area (Å²) >= 11 is 0. The molecule has 1 aliphatic rings. The molecule has 6 heteroatoms. The van der Waals surface area contributed by atoms with Gasteiger partial charge in [-0.05, 0) is 44.5 Å². The molecule has 0 radical (unpaired) electrons. The SMILES string of the molecule is C=CC(=O)N(c1ccc2c(c1)NC(=O)C2(C)C)c1cc(C)n[nH]1. The van der Waals surface area contributed by atoms with E-state index in [1.165, 1.54) is 11.0 Å². The molecule has 118 valence electrons. The van der Waals surface area contributed by atoms with E-state index >= 15 is 0 Å². The summed E-state index contributed by atoms with van der Waals surface area (Å²) in [5.74, 6) is 0.219. The molecule has 0 spiro atoms. The number of carbonyl (C=O) groups is 2. The zero-order valence-electron chi connectivity index (χ0n) is 13.3. The lowest BCUT2D eigenvalue weighted by Gasteiger charge is -2.21. The molecule has 2 amide bonds. The number of H-pyrrole nitrogens is 1. The van der Waals surface area contributed by atoms with Gasteiger partial charge in [-0.25, -0.2) is 0 Å². The van der Waals surface area contributed by atoms with Gasteiger partial charge < -0.3 is 5.32 Å². The van der Waals surface area contributed by atoms with Gasteiger partial charge >= 0.3 is 0 Å². The Morgan fingerprint density at radius 2 is 2.09 bits per heavy atom. The Morgan fingerprint density at radius 1 is 1.35 bits per heavy atom. The first kappa shape index (κ1) is 15.0. The van der Waals surface area contributed by atoms with Crippen molar-refractivity contribution in [2.75, 3.05) is 10.2 Å². The summed E-state index contributed by atoms with van der Waals surface area (Å²) in [6.07, 6.45) is 1.24. The molecule has 0 unspecified atom stereocenters. The van der Waals surface area contributed by atoms with Gasteiger partial charge in [-0.2, -0.15) is 5.10 Å². The summed E-state index contributed by atoms with van der Waals surface area (Å²) in [6.45, 7) is 9.13. The number of nitrogens with zero attached hydrogens (tertiary/aromatic N) is 2. The van der Waals surface area contributed by atoms with E-state index in [9.17, 15) is 9.59 Å². The lowest BCUT2D eigenvalue weighted by Crippen LogP contribution is -2.26. The van der Waals surface area contributed by atoms with E-state index in [4.69, 9.17) is 0 Å². The Balaban J connectivity index is 2.09. The molecule has 0 saturated heterocycles. The number of amides is 2. The molecule has 2 N–H and O–H groups in total. The van der Waals surface area contributed by atoms with Gasteiger partial charge in [0.15, 0.2) is 0 Å². The molecular weight excluding hydrogens is 292 g/mol. The quantitative estimate of drug-likeness (QED) is 0.856. The average molecular weight is 310 g/mol. The van der Waals surface area contributed by atoms with E-state index in [0.717, 1.165) is 16.9 Å². The fraction of sp³-hybridized carbons (Fsp3) is 0.235. The van der Waals surface area contributed by atoms with Crippen molar-refractivity contribution in [3.8, 4) is 0 Å². The van der Waals surface area contributed by atoms with Crippen molar-refractivity contribution in [1.82, 2.24) is 10.2 Å². The Labute approximate surface area is 134 Å². The minimum absolute atomic E-state index is 0.0522. The second-order valence-electron chi connectivity index (χ2n) is 6.08. The molecule has 2 aromatic rings. The number of benzene rings is 1. The molecule has 6 nitrogen and oxygen atoms in total. The molecule has 1 aromatic carbocycles. The third kappa shape index (κ3) is 2.32. The number of carbonyl (C=O) groups excluding carboxylic acids is 2. The number of fused-ring (bicyclic) bond motifs is 1. The maximum atomic E-state index is 12.3. The van der Waals surface area contributed by atoms with Crippen molar-refractivity contribution in [1.29, 1.82) is 0 Å². The van der Waals surface area contributed by atoms with Crippen LogP contribution in [-0.2, 0) is 15.0 Å². The van der Waals surface area contributed by atoms with Crippen LogP contribution in [0.25, 0.3) is 0 Å². The van der Waals surface area contributed by atoms with Crippen molar-refractivity contribution in [3.63, 3.8) is 0 Å². The van der Waals surface area contributed by atoms with Crippen LogP contribution in [0.4, 0.5) is 17.2 Å². The molecule has 2 heterocycles. The first-order valence-corrected chi connectivity index (χ1v) is 7.29. The Morgan fingerprint density at radius 3 is 2.70 bits per heavy atom. The second-order valence-corrected chi connectivity index (χ2v) is 6.08. The van der Waals surface area contributed by atoms with E-state index in [2.05, 4.69) is 22.1 Å². The molecule has 0 atom stereocenters. The number of hydrogen-bond acceptors (Lipinski definition) is 3. The van der Waals surface area contributed by atoms with Gasteiger partial charge in [-0.15, -0.1) is 0 Å². The van der Waals surface area contributed by atoms with Crippen LogP contribution in [0.1, 0.15) is 25.1 Å². The van der Waals surface area contributed by atoms with E-state index < -0.39 is 5.41 Å². The number of aromatic nitrogens is 2. The molecule has 0 bridgehead atoms. The Hall–Kier alpha value is -2.89. The van der Waals surface area contributed by atoms with Crippen LogP contribution in [0.2, 0.25) is 0 Å². The highest BCUT2D eigenvalue weighted by atomic mass is 16.2. The molecule has 0 fully saturated rings. The maximum absolute atomic E-state index is 12.3. The minimum Gasteiger partial charge on any atom is -0.325 e. The molecule has 23 heavy (non-hydrogen) atoms. The number of aryl methyl sites for hydroxylation is 1. The van der Waals surface area contributed by atoms with Crippen molar-refractivity contribution < 1.29 is 9.59 Å². The van der Waals surface area contributed by atoms with Crippen LogP contribution >= 0.6 is 0 Å². The lowest BCUT2D eigenvalue weighted by atomic mass is 9.86. The van der Waals surface area contributed by atoms with Crippen LogP contribution in [0.5, 0.6) is 0 Å². The average Bonchev–Trinajstić information content (AvgIpc) is 3.01. The summed E-state index contributed by atoms with van der Waals surface area (Å²) in [7, 11) is 0. The van der Waals surface area contributed by atoms with E-state index in [1.54, 1.807) is 12.1 Å². The van der Waals surface area contributed by atoms with Gasteiger partial charge in [-0.3, -0.25) is 19.6 Å². The summed E-state index contributed by atoms with van der Waals surface area (Å²) in [6, 6.07) is 7.25. The van der Waals surface area contributed by atoms with Gasteiger partial charge in [0.25, 0.3) is 5.91 Å². The van der Waals surface area contributed by atoms with E-state index in [0.29, 0.717) is 11.5 Å². The van der Waals surface area contributed by atoms with Gasteiger partial charge in [-0.1, -0.05) is 12.6 Å². The smallest absolute Gasteiger partial charge is 0.256 e. The number of aromatic amines is 1. The fourth-order valence-corrected chi connectivity index (χ4v) is 2.72. The third-order valence-corrected chi connectivity index (χ3v) is 4.08. The largest absolute Gasteiger partial charge is 0.325 e. The summed E-state index contributed by atoms with van der Waals surface area (Å²) in [4.78, 5) is 25.8. The van der Waals surface area contributed by atoms with Gasteiger partial charge in [0.1, 0.15) is 5.82 Å². The highest BCUT2D eigenvalue weighted by Gasteiger charge is 2.38. The summed E-state index contributed by atoms with van der Waals surface area (Å²) in [5, 5.41) is 9.76. The predicted molar refractivity (Wildman–Crippen MR) is 88.8 cm³/mol. The van der Waals surface area contributed by atoms with E-state index in [-0.39, 0.29) is 11.8 Å². The first-order valence-electron chi connectivity index (χ1n) is 7.29. The van der Waals surface area contributed by atoms with Crippen LogP contribution < -0.4 is 10.2 Å². The topological polar surface area (TPSA) is 78.1 Å². The van der Waals surface area contributed by atoms with Crippen molar-refractivity contribution >= 4 is 29.0 Å². The van der Waals surface area contributed by atoms with Gasteiger partial charge in [0.05, 0.1) is 16.8 Å². The molecule has 1 aliphatic heterocycles. The number of hydrogen-bond donors (Lipinski definition) is 2. The maximum Gasteiger partial charge on any atom is 0.256 e. The summed E-state index contributed by atoms with van der Waals surface area (Å²) in [5.41, 5.74) is 2.47. The van der Waals surface area contributed by atoms with Crippen LogP contribution in [0, 0.1) is 6.92 Å². The zero-order valence-corrected chi connectivity index (χ0v) is 13.3. The first-order chi connectivity index (χ1) is 10.8. The summed E-state index contributed by atoms with van der Waals surface area (Å²) < 4.78 is 0. The highest BCUT2D eigenvalue weighted by Crippen LogP contribution is 2.40. The normalized spacial score (nSPS) is 15.0. The monoisotopic (exact) mass is 310 g/mol. The zero-order chi connectivity index (χ0) is 16.8. The molecule has 0 aliphatic carbocycles.